The molecular weight excluding hydrogens is 232 g/mol. The van der Waals surface area contributed by atoms with Gasteiger partial charge in [0, 0.05) is 11.8 Å². The van der Waals surface area contributed by atoms with Crippen molar-refractivity contribution in [2.45, 2.75) is 26.3 Å². The molecule has 0 radical (unpaired) electrons. The highest BCUT2D eigenvalue weighted by atomic mass is 16.7. The molecule has 1 aromatic carbocycles. The first-order valence-corrected chi connectivity index (χ1v) is 6.14. The summed E-state index contributed by atoms with van der Waals surface area (Å²) in [4.78, 5) is 11.9. The third-order valence-corrected chi connectivity index (χ3v) is 2.73. The van der Waals surface area contributed by atoms with Crippen molar-refractivity contribution in [3.8, 4) is 11.5 Å². The smallest absolute Gasteiger partial charge is 0.241 e. The number of carbonyl (C=O) groups is 1. The van der Waals surface area contributed by atoms with Crippen LogP contribution in [0.15, 0.2) is 18.2 Å². The minimum Gasteiger partial charge on any atom is -0.454 e. The molecule has 1 heterocycles. The lowest BCUT2D eigenvalue weighted by Crippen LogP contribution is -2.38. The van der Waals surface area contributed by atoms with Crippen LogP contribution in [0.1, 0.15) is 20.3 Å². The number of hydrogen-bond donors (Lipinski definition) is 2. The van der Waals surface area contributed by atoms with E-state index in [4.69, 9.17) is 9.47 Å². The van der Waals surface area contributed by atoms with Gasteiger partial charge >= 0.3 is 0 Å². The van der Waals surface area contributed by atoms with Crippen LogP contribution in [0.25, 0.3) is 0 Å². The monoisotopic (exact) mass is 250 g/mol. The number of anilines is 1. The fraction of sp³-hybridized carbons (Fsp3) is 0.462. The zero-order chi connectivity index (χ0) is 13.0. The zero-order valence-electron chi connectivity index (χ0n) is 10.7. The molecule has 0 spiro atoms. The van der Waals surface area contributed by atoms with Crippen LogP contribution in [-0.2, 0) is 4.79 Å². The van der Waals surface area contributed by atoms with Gasteiger partial charge in [-0.15, -0.1) is 0 Å². The largest absolute Gasteiger partial charge is 0.454 e. The molecule has 18 heavy (non-hydrogen) atoms. The summed E-state index contributed by atoms with van der Waals surface area (Å²) in [5.41, 5.74) is 0.717. The second-order valence-electron chi connectivity index (χ2n) is 4.23. The predicted molar refractivity (Wildman–Crippen MR) is 69.0 cm³/mol. The first-order chi connectivity index (χ1) is 8.70. The molecule has 1 atom stereocenters. The Morgan fingerprint density at radius 3 is 2.94 bits per heavy atom. The standard InChI is InChI=1S/C13H18N2O3/c1-3-6-14-9(2)13(16)15-10-4-5-11-12(7-10)18-8-17-11/h4-5,7,9,14H,3,6,8H2,1-2H3,(H,15,16). The van der Waals surface area contributed by atoms with Crippen LogP contribution in [0.3, 0.4) is 0 Å². The normalized spacial score (nSPS) is 14.3. The Morgan fingerprint density at radius 1 is 1.39 bits per heavy atom. The Morgan fingerprint density at radius 2 is 2.17 bits per heavy atom. The van der Waals surface area contributed by atoms with Crippen molar-refractivity contribution < 1.29 is 14.3 Å². The number of fused-ring (bicyclic) bond motifs is 1. The van der Waals surface area contributed by atoms with Gasteiger partial charge in [0.05, 0.1) is 6.04 Å². The van der Waals surface area contributed by atoms with Gasteiger partial charge < -0.3 is 20.1 Å². The summed E-state index contributed by atoms with van der Waals surface area (Å²) in [5, 5.41) is 5.98. The van der Waals surface area contributed by atoms with E-state index in [-0.39, 0.29) is 18.7 Å². The zero-order valence-corrected chi connectivity index (χ0v) is 10.7. The van der Waals surface area contributed by atoms with Crippen molar-refractivity contribution in [3.63, 3.8) is 0 Å². The van der Waals surface area contributed by atoms with Gasteiger partial charge in [0.15, 0.2) is 11.5 Å². The SMILES string of the molecule is CCCNC(C)C(=O)Nc1ccc2c(c1)OCO2. The van der Waals surface area contributed by atoms with E-state index in [2.05, 4.69) is 17.6 Å². The number of nitrogens with one attached hydrogen (secondary N) is 2. The Bertz CT molecular complexity index is 434. The summed E-state index contributed by atoms with van der Waals surface area (Å²) in [5.74, 6) is 1.33. The molecule has 98 valence electrons. The number of rotatable bonds is 5. The van der Waals surface area contributed by atoms with Crippen molar-refractivity contribution in [1.82, 2.24) is 5.32 Å². The second-order valence-corrected chi connectivity index (χ2v) is 4.23. The Hall–Kier alpha value is -1.75. The minimum absolute atomic E-state index is 0.0534. The van der Waals surface area contributed by atoms with Crippen molar-refractivity contribution in [2.75, 3.05) is 18.7 Å². The van der Waals surface area contributed by atoms with Crippen LogP contribution >= 0.6 is 0 Å². The highest BCUT2D eigenvalue weighted by molar-refractivity contribution is 5.94. The maximum Gasteiger partial charge on any atom is 0.241 e. The Labute approximate surface area is 106 Å². The maximum atomic E-state index is 11.9. The number of hydrogen-bond acceptors (Lipinski definition) is 4. The fourth-order valence-electron chi connectivity index (χ4n) is 1.68. The van der Waals surface area contributed by atoms with Gasteiger partial charge in [0.1, 0.15) is 0 Å². The highest BCUT2D eigenvalue weighted by Crippen LogP contribution is 2.34. The van der Waals surface area contributed by atoms with Crippen LogP contribution in [0.5, 0.6) is 11.5 Å². The summed E-state index contributed by atoms with van der Waals surface area (Å²) in [6, 6.07) is 5.16. The molecule has 1 amide bonds. The van der Waals surface area contributed by atoms with E-state index in [1.807, 2.05) is 6.92 Å². The summed E-state index contributed by atoms with van der Waals surface area (Å²) >= 11 is 0. The molecule has 1 aliphatic heterocycles. The molecule has 0 fully saturated rings. The van der Waals surface area contributed by atoms with Crippen LogP contribution in [0.2, 0.25) is 0 Å². The number of ether oxygens (including phenoxy) is 2. The average Bonchev–Trinajstić information content (AvgIpc) is 2.83. The van der Waals surface area contributed by atoms with Gasteiger partial charge in [-0.05, 0) is 32.0 Å². The third kappa shape index (κ3) is 2.92. The van der Waals surface area contributed by atoms with E-state index >= 15 is 0 Å². The third-order valence-electron chi connectivity index (χ3n) is 2.73. The van der Waals surface area contributed by atoms with Crippen molar-refractivity contribution in [2.24, 2.45) is 0 Å². The van der Waals surface area contributed by atoms with Crippen LogP contribution in [0, 0.1) is 0 Å². The number of carbonyl (C=O) groups excluding carboxylic acids is 1. The number of amides is 1. The van der Waals surface area contributed by atoms with E-state index in [9.17, 15) is 4.79 Å². The van der Waals surface area contributed by atoms with E-state index in [1.165, 1.54) is 0 Å². The molecule has 0 saturated carbocycles. The minimum atomic E-state index is -0.213. The first-order valence-electron chi connectivity index (χ1n) is 6.14. The van der Waals surface area contributed by atoms with Crippen LogP contribution < -0.4 is 20.1 Å². The molecule has 2 N–H and O–H groups in total. The van der Waals surface area contributed by atoms with E-state index < -0.39 is 0 Å². The lowest BCUT2D eigenvalue weighted by Gasteiger charge is -2.13. The van der Waals surface area contributed by atoms with Crippen LogP contribution in [0.4, 0.5) is 5.69 Å². The summed E-state index contributed by atoms with van der Waals surface area (Å²) in [6.45, 7) is 4.98. The summed E-state index contributed by atoms with van der Waals surface area (Å²) in [6.07, 6.45) is 1.00. The lowest BCUT2D eigenvalue weighted by atomic mass is 10.2. The van der Waals surface area contributed by atoms with Crippen molar-refractivity contribution in [3.05, 3.63) is 18.2 Å². The molecule has 2 rings (SSSR count). The molecular formula is C13H18N2O3. The van der Waals surface area contributed by atoms with Crippen molar-refractivity contribution >= 4 is 11.6 Å². The predicted octanol–water partition coefficient (Wildman–Crippen LogP) is 1.74. The quantitative estimate of drug-likeness (QED) is 0.835. The molecule has 1 aliphatic rings. The second kappa shape index (κ2) is 5.73. The number of benzene rings is 1. The molecule has 0 aliphatic carbocycles. The molecule has 0 saturated heterocycles. The Kier molecular flexibility index (Phi) is 4.04. The lowest BCUT2D eigenvalue weighted by molar-refractivity contribution is -0.117. The molecule has 1 unspecified atom stereocenters. The Balaban J connectivity index is 1.94. The van der Waals surface area contributed by atoms with Crippen molar-refractivity contribution in [1.29, 1.82) is 0 Å². The van der Waals surface area contributed by atoms with Gasteiger partial charge in [-0.1, -0.05) is 6.92 Å². The molecule has 5 heteroatoms. The van der Waals surface area contributed by atoms with E-state index in [1.54, 1.807) is 18.2 Å². The molecule has 1 aromatic rings. The molecule has 0 bridgehead atoms. The topological polar surface area (TPSA) is 59.6 Å². The van der Waals surface area contributed by atoms with E-state index in [0.29, 0.717) is 11.5 Å². The van der Waals surface area contributed by atoms with Gasteiger partial charge in [-0.2, -0.15) is 0 Å². The molecule has 5 nitrogen and oxygen atoms in total. The van der Waals surface area contributed by atoms with Gasteiger partial charge in [0.25, 0.3) is 0 Å². The highest BCUT2D eigenvalue weighted by Gasteiger charge is 2.16. The van der Waals surface area contributed by atoms with E-state index in [0.717, 1.165) is 18.7 Å². The molecule has 0 aromatic heterocycles. The van der Waals surface area contributed by atoms with Gasteiger partial charge in [-0.25, -0.2) is 0 Å². The average molecular weight is 250 g/mol. The summed E-state index contributed by atoms with van der Waals surface area (Å²) in [7, 11) is 0. The first kappa shape index (κ1) is 12.7. The fourth-order valence-corrected chi connectivity index (χ4v) is 1.68. The van der Waals surface area contributed by atoms with Crippen LogP contribution in [-0.4, -0.2) is 25.3 Å². The van der Waals surface area contributed by atoms with Gasteiger partial charge in [-0.3, -0.25) is 4.79 Å². The van der Waals surface area contributed by atoms with Gasteiger partial charge in [0.2, 0.25) is 12.7 Å². The summed E-state index contributed by atoms with van der Waals surface area (Å²) < 4.78 is 10.5. The maximum absolute atomic E-state index is 11.9.